The van der Waals surface area contributed by atoms with Crippen molar-refractivity contribution in [3.8, 4) is 0 Å². The Morgan fingerprint density at radius 3 is 2.52 bits per heavy atom. The number of hydrogen-bond donors (Lipinski definition) is 2. The lowest BCUT2D eigenvalue weighted by Gasteiger charge is -2.09. The van der Waals surface area contributed by atoms with Gasteiger partial charge in [0.05, 0.1) is 18.7 Å². The highest BCUT2D eigenvalue weighted by molar-refractivity contribution is 9.10. The van der Waals surface area contributed by atoms with Gasteiger partial charge in [-0.2, -0.15) is 5.10 Å². The fourth-order valence-electron chi connectivity index (χ4n) is 2.84. The zero-order valence-electron chi connectivity index (χ0n) is 16.5. The van der Waals surface area contributed by atoms with Gasteiger partial charge in [0.1, 0.15) is 0 Å². The Morgan fingerprint density at radius 2 is 1.89 bits per heavy atom. The van der Waals surface area contributed by atoms with Crippen LogP contribution in [0.15, 0.2) is 22.7 Å². The van der Waals surface area contributed by atoms with Crippen LogP contribution in [0.1, 0.15) is 36.4 Å². The largest absolute Gasteiger partial charge is 0.347 e. The first-order chi connectivity index (χ1) is 12.7. The maximum atomic E-state index is 12.3. The van der Waals surface area contributed by atoms with Crippen LogP contribution >= 0.6 is 15.9 Å². The summed E-state index contributed by atoms with van der Waals surface area (Å²) in [6, 6.07) is 5.57. The van der Waals surface area contributed by atoms with E-state index in [1.54, 1.807) is 0 Å². The summed E-state index contributed by atoms with van der Waals surface area (Å²) >= 11 is 3.43. The highest BCUT2D eigenvalue weighted by Gasteiger charge is 2.16. The van der Waals surface area contributed by atoms with Gasteiger partial charge in [0, 0.05) is 28.0 Å². The van der Waals surface area contributed by atoms with Gasteiger partial charge in [-0.05, 0) is 50.5 Å². The predicted molar refractivity (Wildman–Crippen MR) is 111 cm³/mol. The predicted octanol–water partition coefficient (Wildman–Crippen LogP) is 3.52. The molecule has 0 aliphatic heterocycles. The maximum Gasteiger partial charge on any atom is 0.243 e. The van der Waals surface area contributed by atoms with Crippen LogP contribution in [-0.2, 0) is 22.6 Å². The normalized spacial score (nSPS) is 10.9. The number of aryl methyl sites for hydroxylation is 2. The molecule has 7 heteroatoms. The highest BCUT2D eigenvalue weighted by Crippen LogP contribution is 2.20. The van der Waals surface area contributed by atoms with E-state index in [1.165, 1.54) is 0 Å². The molecule has 0 fully saturated rings. The Kier molecular flexibility index (Phi) is 7.18. The van der Waals surface area contributed by atoms with E-state index in [0.29, 0.717) is 11.6 Å². The summed E-state index contributed by atoms with van der Waals surface area (Å²) in [6.45, 7) is 10.9. The molecular formula is C20H27BrN4O2. The minimum Gasteiger partial charge on any atom is -0.347 e. The summed E-state index contributed by atoms with van der Waals surface area (Å²) < 4.78 is 2.93. The Balaban J connectivity index is 1.89. The molecule has 6 nitrogen and oxygen atoms in total. The van der Waals surface area contributed by atoms with Gasteiger partial charge < -0.3 is 10.6 Å². The second-order valence-corrected chi connectivity index (χ2v) is 8.05. The molecule has 0 atom stereocenters. The third-order valence-corrected chi connectivity index (χ3v) is 5.18. The van der Waals surface area contributed by atoms with Crippen LogP contribution in [0.2, 0.25) is 0 Å². The molecule has 1 heterocycles. The maximum absolute atomic E-state index is 12.3. The number of carbonyl (C=O) groups is 2. The number of hydrogen-bond acceptors (Lipinski definition) is 3. The van der Waals surface area contributed by atoms with E-state index >= 15 is 0 Å². The molecule has 0 radical (unpaired) electrons. The average molecular weight is 435 g/mol. The minimum absolute atomic E-state index is 0.0633. The number of halogens is 1. The quantitative estimate of drug-likeness (QED) is 0.699. The van der Waals surface area contributed by atoms with Crippen molar-refractivity contribution in [2.45, 2.75) is 47.6 Å². The van der Waals surface area contributed by atoms with Crippen LogP contribution < -0.4 is 10.6 Å². The van der Waals surface area contributed by atoms with E-state index < -0.39 is 0 Å². The van der Waals surface area contributed by atoms with Crippen LogP contribution in [0, 0.1) is 26.7 Å². The lowest BCUT2D eigenvalue weighted by Crippen LogP contribution is -2.34. The number of benzene rings is 1. The molecule has 2 amide bonds. The molecule has 0 aliphatic rings. The minimum atomic E-state index is -0.256. The number of amides is 2. The van der Waals surface area contributed by atoms with Crippen molar-refractivity contribution in [1.82, 2.24) is 15.1 Å². The molecule has 2 rings (SSSR count). The van der Waals surface area contributed by atoms with Gasteiger partial charge in [-0.3, -0.25) is 14.3 Å². The van der Waals surface area contributed by atoms with Crippen LogP contribution in [0.25, 0.3) is 0 Å². The van der Waals surface area contributed by atoms with Crippen LogP contribution in [0.3, 0.4) is 0 Å². The monoisotopic (exact) mass is 434 g/mol. The van der Waals surface area contributed by atoms with Crippen LogP contribution in [0.4, 0.5) is 5.69 Å². The summed E-state index contributed by atoms with van der Waals surface area (Å²) in [5.41, 5.74) is 4.53. The molecule has 146 valence electrons. The summed E-state index contributed by atoms with van der Waals surface area (Å²) in [5.74, 6) is 0.0390. The van der Waals surface area contributed by atoms with Gasteiger partial charge in [0.2, 0.25) is 11.8 Å². The van der Waals surface area contributed by atoms with E-state index in [0.717, 1.165) is 33.5 Å². The van der Waals surface area contributed by atoms with Crippen molar-refractivity contribution in [3.05, 3.63) is 45.2 Å². The van der Waals surface area contributed by atoms with Crippen molar-refractivity contribution in [1.29, 1.82) is 0 Å². The van der Waals surface area contributed by atoms with E-state index in [1.807, 2.05) is 43.7 Å². The summed E-state index contributed by atoms with van der Waals surface area (Å²) in [7, 11) is 0. The molecule has 0 saturated heterocycles. The molecule has 27 heavy (non-hydrogen) atoms. The molecule has 0 bridgehead atoms. The van der Waals surface area contributed by atoms with Gasteiger partial charge in [0.15, 0.2) is 0 Å². The van der Waals surface area contributed by atoms with Gasteiger partial charge >= 0.3 is 0 Å². The molecule has 1 aromatic carbocycles. The van der Waals surface area contributed by atoms with Crippen LogP contribution in [0.5, 0.6) is 0 Å². The molecule has 0 unspecified atom stereocenters. The first-order valence-electron chi connectivity index (χ1n) is 9.03. The topological polar surface area (TPSA) is 76.0 Å². The third-order valence-electron chi connectivity index (χ3n) is 4.29. The standard InChI is InChI=1S/C20H27BrN4O2/c1-12(2)11-25-15(5)17(14(4)24-25)9-19(26)22-10-20(27)23-16-6-7-18(21)13(3)8-16/h6-8,12H,9-11H2,1-5H3,(H,22,26)(H,23,27). The van der Waals surface area contributed by atoms with Crippen molar-refractivity contribution >= 4 is 33.4 Å². The fraction of sp³-hybridized carbons (Fsp3) is 0.450. The molecular weight excluding hydrogens is 408 g/mol. The Labute approximate surface area is 168 Å². The number of nitrogens with one attached hydrogen (secondary N) is 2. The van der Waals surface area contributed by atoms with E-state index in [9.17, 15) is 9.59 Å². The number of nitrogens with zero attached hydrogens (tertiary/aromatic N) is 2. The number of aromatic nitrogens is 2. The summed E-state index contributed by atoms with van der Waals surface area (Å²) in [5, 5.41) is 9.99. The van der Waals surface area contributed by atoms with Crippen molar-refractivity contribution in [3.63, 3.8) is 0 Å². The Hall–Kier alpha value is -2.15. The number of rotatable bonds is 7. The molecule has 0 spiro atoms. The van der Waals surface area contributed by atoms with E-state index in [2.05, 4.69) is 45.5 Å². The van der Waals surface area contributed by atoms with Gasteiger partial charge in [0.25, 0.3) is 0 Å². The summed E-state index contributed by atoms with van der Waals surface area (Å²) in [4.78, 5) is 24.3. The second kappa shape index (κ2) is 9.17. The lowest BCUT2D eigenvalue weighted by molar-refractivity contribution is -0.123. The Bertz CT molecular complexity index is 843. The average Bonchev–Trinajstić information content (AvgIpc) is 2.83. The first kappa shape index (κ1) is 21.2. The zero-order valence-corrected chi connectivity index (χ0v) is 18.1. The number of anilines is 1. The third kappa shape index (κ3) is 5.92. The first-order valence-corrected chi connectivity index (χ1v) is 9.82. The molecule has 0 aliphatic carbocycles. The van der Waals surface area contributed by atoms with Gasteiger partial charge in [-0.25, -0.2) is 0 Å². The molecule has 2 N–H and O–H groups in total. The zero-order chi connectivity index (χ0) is 20.1. The van der Waals surface area contributed by atoms with Crippen LogP contribution in [-0.4, -0.2) is 28.1 Å². The van der Waals surface area contributed by atoms with Gasteiger partial charge in [-0.1, -0.05) is 29.8 Å². The van der Waals surface area contributed by atoms with E-state index in [-0.39, 0.29) is 24.8 Å². The lowest BCUT2D eigenvalue weighted by atomic mass is 10.1. The summed E-state index contributed by atoms with van der Waals surface area (Å²) in [6.07, 6.45) is 0.223. The Morgan fingerprint density at radius 1 is 1.19 bits per heavy atom. The van der Waals surface area contributed by atoms with Crippen molar-refractivity contribution in [2.75, 3.05) is 11.9 Å². The van der Waals surface area contributed by atoms with Crippen molar-refractivity contribution in [2.24, 2.45) is 5.92 Å². The smallest absolute Gasteiger partial charge is 0.243 e. The molecule has 2 aromatic rings. The van der Waals surface area contributed by atoms with Gasteiger partial charge in [-0.15, -0.1) is 0 Å². The molecule has 1 aromatic heterocycles. The number of carbonyl (C=O) groups excluding carboxylic acids is 2. The molecule has 0 saturated carbocycles. The SMILES string of the molecule is Cc1cc(NC(=O)CNC(=O)Cc2c(C)nn(CC(C)C)c2C)ccc1Br. The highest BCUT2D eigenvalue weighted by atomic mass is 79.9. The second-order valence-electron chi connectivity index (χ2n) is 7.19. The van der Waals surface area contributed by atoms with E-state index in [4.69, 9.17) is 0 Å². The van der Waals surface area contributed by atoms with Crippen molar-refractivity contribution < 1.29 is 9.59 Å². The fourth-order valence-corrected chi connectivity index (χ4v) is 3.09.